The van der Waals surface area contributed by atoms with Crippen LogP contribution in [0.3, 0.4) is 0 Å². The zero-order valence-electron chi connectivity index (χ0n) is 15.6. The highest BCUT2D eigenvalue weighted by Gasteiger charge is 2.37. The number of rotatable bonds is 3. The number of likely N-dealkylation sites (tertiary alicyclic amines) is 2. The Kier molecular flexibility index (Phi) is 4.66. The van der Waals surface area contributed by atoms with Gasteiger partial charge >= 0.3 is 0 Å². The highest BCUT2D eigenvalue weighted by molar-refractivity contribution is 7.12. The summed E-state index contributed by atoms with van der Waals surface area (Å²) in [6.07, 6.45) is 4.61. The number of carbonyl (C=O) groups excluding carboxylic acids is 1. The third kappa shape index (κ3) is 3.39. The average molecular weight is 383 g/mol. The van der Waals surface area contributed by atoms with Gasteiger partial charge in [-0.1, -0.05) is 18.2 Å². The van der Waals surface area contributed by atoms with Gasteiger partial charge in [-0.15, -0.1) is 11.3 Å². The number of ether oxygens (including phenoxy) is 1. The Bertz CT molecular complexity index is 820. The van der Waals surface area contributed by atoms with E-state index in [0.29, 0.717) is 12.0 Å². The Morgan fingerprint density at radius 2 is 2.19 bits per heavy atom. The molecule has 0 unspecified atom stereocenters. The minimum atomic E-state index is 0.221. The van der Waals surface area contributed by atoms with Gasteiger partial charge in [0.1, 0.15) is 5.75 Å². The summed E-state index contributed by atoms with van der Waals surface area (Å²) in [4.78, 5) is 18.4. The molecule has 2 saturated heterocycles. The summed E-state index contributed by atoms with van der Waals surface area (Å²) < 4.78 is 5.64. The second-order valence-electron chi connectivity index (χ2n) is 8.00. The number of thiophene rings is 1. The zero-order chi connectivity index (χ0) is 18.2. The number of hydrogen-bond acceptors (Lipinski definition) is 4. The van der Waals surface area contributed by atoms with Crippen molar-refractivity contribution in [2.45, 2.75) is 38.3 Å². The van der Waals surface area contributed by atoms with Crippen LogP contribution in [0.2, 0.25) is 0 Å². The molecule has 2 fully saturated rings. The highest BCUT2D eigenvalue weighted by atomic mass is 32.1. The number of fused-ring (bicyclic) bond motifs is 2. The van der Waals surface area contributed by atoms with Crippen molar-refractivity contribution in [2.75, 3.05) is 26.2 Å². The van der Waals surface area contributed by atoms with Gasteiger partial charge < -0.3 is 9.64 Å². The molecule has 0 saturated carbocycles. The number of piperidine rings is 2. The first-order valence-electron chi connectivity index (χ1n) is 10.1. The number of carbonyl (C=O) groups is 1. The Balaban J connectivity index is 1.26. The van der Waals surface area contributed by atoms with E-state index in [-0.39, 0.29) is 5.91 Å². The number of nitrogens with zero attached hydrogens (tertiary/aromatic N) is 2. The quantitative estimate of drug-likeness (QED) is 0.809. The van der Waals surface area contributed by atoms with Gasteiger partial charge in [0.05, 0.1) is 11.5 Å². The lowest BCUT2D eigenvalue weighted by Crippen LogP contribution is -2.54. The van der Waals surface area contributed by atoms with Crippen LogP contribution in [-0.2, 0) is 13.0 Å². The number of benzene rings is 1. The Morgan fingerprint density at radius 1 is 1.22 bits per heavy atom. The summed E-state index contributed by atoms with van der Waals surface area (Å²) in [6.45, 7) is 4.81. The molecule has 4 heterocycles. The Morgan fingerprint density at radius 3 is 3.07 bits per heavy atom. The molecule has 1 aromatic carbocycles. The molecule has 3 aliphatic rings. The first-order valence-corrected chi connectivity index (χ1v) is 11.0. The molecule has 4 nitrogen and oxygen atoms in total. The van der Waals surface area contributed by atoms with Crippen molar-refractivity contribution in [3.63, 3.8) is 0 Å². The molecular weight excluding hydrogens is 356 g/mol. The van der Waals surface area contributed by atoms with E-state index in [1.54, 1.807) is 11.3 Å². The van der Waals surface area contributed by atoms with Gasteiger partial charge in [-0.2, -0.15) is 0 Å². The van der Waals surface area contributed by atoms with Gasteiger partial charge in [-0.3, -0.25) is 9.69 Å². The van der Waals surface area contributed by atoms with Gasteiger partial charge in [0.15, 0.2) is 0 Å². The lowest BCUT2D eigenvalue weighted by Gasteiger charge is -2.47. The maximum Gasteiger partial charge on any atom is 0.263 e. The maximum absolute atomic E-state index is 12.7. The molecule has 1 amide bonds. The molecule has 0 N–H and O–H groups in total. The van der Waals surface area contributed by atoms with Crippen molar-refractivity contribution in [3.8, 4) is 5.75 Å². The van der Waals surface area contributed by atoms with Crippen LogP contribution in [-0.4, -0.2) is 48.0 Å². The number of amides is 1. The van der Waals surface area contributed by atoms with Gasteiger partial charge in [0.25, 0.3) is 5.91 Å². The van der Waals surface area contributed by atoms with E-state index in [2.05, 4.69) is 28.0 Å². The van der Waals surface area contributed by atoms with E-state index in [9.17, 15) is 4.79 Å². The van der Waals surface area contributed by atoms with E-state index in [4.69, 9.17) is 4.74 Å². The summed E-state index contributed by atoms with van der Waals surface area (Å²) in [7, 11) is 0. The second kappa shape index (κ2) is 7.28. The maximum atomic E-state index is 12.7. The summed E-state index contributed by atoms with van der Waals surface area (Å²) in [5, 5.41) is 1.99. The Hall–Kier alpha value is -1.85. The predicted octanol–water partition coefficient (Wildman–Crippen LogP) is 3.81. The molecule has 2 atom stereocenters. The summed E-state index contributed by atoms with van der Waals surface area (Å²) in [6, 6.07) is 11.2. The smallest absolute Gasteiger partial charge is 0.263 e. The fourth-order valence-corrected chi connectivity index (χ4v) is 5.71. The van der Waals surface area contributed by atoms with Crippen LogP contribution in [0.1, 0.15) is 40.1 Å². The third-order valence-electron chi connectivity index (χ3n) is 6.34. The van der Waals surface area contributed by atoms with Gasteiger partial charge in [0.2, 0.25) is 0 Å². The Labute approximate surface area is 164 Å². The van der Waals surface area contributed by atoms with Crippen LogP contribution in [0.4, 0.5) is 0 Å². The van der Waals surface area contributed by atoms with Crippen molar-refractivity contribution in [3.05, 3.63) is 51.7 Å². The van der Waals surface area contributed by atoms with Crippen molar-refractivity contribution in [2.24, 2.45) is 5.92 Å². The van der Waals surface area contributed by atoms with E-state index in [1.165, 1.54) is 30.5 Å². The molecule has 0 bridgehead atoms. The topological polar surface area (TPSA) is 32.8 Å². The van der Waals surface area contributed by atoms with Gasteiger partial charge in [-0.05, 0) is 60.4 Å². The minimum absolute atomic E-state index is 0.221. The molecule has 5 rings (SSSR count). The fourth-order valence-electron chi connectivity index (χ4n) is 5.02. The van der Waals surface area contributed by atoms with Crippen molar-refractivity contribution < 1.29 is 9.53 Å². The predicted molar refractivity (Wildman–Crippen MR) is 107 cm³/mol. The standard InChI is InChI=1S/C22H26N2O2S/c25-22(21-4-2-12-27-21)24-10-7-19-18(15-24)3-1-9-23(19)14-16-5-6-20-17(13-16)8-11-26-20/h2,4-6,12-13,18-19H,1,3,7-11,14-15H2/t18-,19+/m1/s1. The van der Waals surface area contributed by atoms with E-state index in [1.807, 2.05) is 17.5 Å². The lowest BCUT2D eigenvalue weighted by atomic mass is 9.83. The SMILES string of the molecule is O=C(c1cccs1)N1CC[C@H]2[C@H](CCCN2Cc2ccc3c(c2)CCO3)C1. The highest BCUT2D eigenvalue weighted by Crippen LogP contribution is 2.33. The molecule has 0 spiro atoms. The molecule has 2 aromatic rings. The minimum Gasteiger partial charge on any atom is -0.493 e. The second-order valence-corrected chi connectivity index (χ2v) is 8.95. The largest absolute Gasteiger partial charge is 0.493 e. The molecule has 3 aliphatic heterocycles. The number of hydrogen-bond donors (Lipinski definition) is 0. The van der Waals surface area contributed by atoms with Crippen LogP contribution in [0.5, 0.6) is 5.75 Å². The van der Waals surface area contributed by atoms with Crippen molar-refractivity contribution in [1.82, 2.24) is 9.80 Å². The molecule has 142 valence electrons. The van der Waals surface area contributed by atoms with Crippen LogP contribution in [0.25, 0.3) is 0 Å². The fraction of sp³-hybridized carbons (Fsp3) is 0.500. The van der Waals surface area contributed by atoms with E-state index >= 15 is 0 Å². The van der Waals surface area contributed by atoms with Crippen LogP contribution in [0.15, 0.2) is 35.7 Å². The first-order chi connectivity index (χ1) is 13.3. The van der Waals surface area contributed by atoms with Crippen LogP contribution in [0, 0.1) is 5.92 Å². The lowest BCUT2D eigenvalue weighted by molar-refractivity contribution is 0.0177. The third-order valence-corrected chi connectivity index (χ3v) is 7.20. The average Bonchev–Trinajstić information content (AvgIpc) is 3.39. The molecule has 27 heavy (non-hydrogen) atoms. The van der Waals surface area contributed by atoms with E-state index < -0.39 is 0 Å². The summed E-state index contributed by atoms with van der Waals surface area (Å²) in [5.74, 6) is 1.89. The normalized spacial score (nSPS) is 25.0. The summed E-state index contributed by atoms with van der Waals surface area (Å²) in [5.41, 5.74) is 2.76. The first kappa shape index (κ1) is 17.3. The van der Waals surface area contributed by atoms with E-state index in [0.717, 1.165) is 49.7 Å². The molecular formula is C22H26N2O2S. The summed E-state index contributed by atoms with van der Waals surface area (Å²) >= 11 is 1.55. The van der Waals surface area contributed by atoms with Crippen LogP contribution < -0.4 is 4.74 Å². The van der Waals surface area contributed by atoms with Crippen LogP contribution >= 0.6 is 11.3 Å². The van der Waals surface area contributed by atoms with Gasteiger partial charge in [-0.25, -0.2) is 0 Å². The van der Waals surface area contributed by atoms with Crippen molar-refractivity contribution >= 4 is 17.2 Å². The van der Waals surface area contributed by atoms with Crippen molar-refractivity contribution in [1.29, 1.82) is 0 Å². The zero-order valence-corrected chi connectivity index (χ0v) is 16.4. The molecule has 1 aromatic heterocycles. The van der Waals surface area contributed by atoms with Gasteiger partial charge in [0, 0.05) is 32.1 Å². The monoisotopic (exact) mass is 382 g/mol. The molecule has 0 aliphatic carbocycles. The molecule has 5 heteroatoms. The molecule has 0 radical (unpaired) electrons.